The molecular weight excluding hydrogens is 279 g/mol. The van der Waals surface area contributed by atoms with Crippen molar-refractivity contribution in [3.8, 4) is 17.2 Å². The number of fused-ring (bicyclic) bond motifs is 5. The molecule has 1 fully saturated rings. The third-order valence-corrected chi connectivity index (χ3v) is 4.58. The number of ether oxygens (including phenoxy) is 1. The molecule has 2 aromatic rings. The Morgan fingerprint density at radius 3 is 2.82 bits per heavy atom. The molecule has 3 nitrogen and oxygen atoms in total. The van der Waals surface area contributed by atoms with Gasteiger partial charge >= 0.3 is 0 Å². The smallest absolute Gasteiger partial charge is 0.141 e. The van der Waals surface area contributed by atoms with Crippen LogP contribution in [-0.4, -0.2) is 4.98 Å². The average Bonchev–Trinajstić information content (AvgIpc) is 3.15. The summed E-state index contributed by atoms with van der Waals surface area (Å²) in [7, 11) is 0. The minimum Gasteiger partial charge on any atom is -0.364 e. The normalized spacial score (nSPS) is 21.7. The van der Waals surface area contributed by atoms with Crippen LogP contribution in [0.2, 0.25) is 0 Å². The van der Waals surface area contributed by atoms with Gasteiger partial charge in [0.2, 0.25) is 0 Å². The van der Waals surface area contributed by atoms with Gasteiger partial charge in [0, 0.05) is 11.1 Å². The van der Waals surface area contributed by atoms with E-state index in [0.717, 1.165) is 41.6 Å². The summed E-state index contributed by atoms with van der Waals surface area (Å²) in [6.07, 6.45) is 2.61. The van der Waals surface area contributed by atoms with Gasteiger partial charge in [-0.1, -0.05) is 19.1 Å². The minimum atomic E-state index is -0.251. The van der Waals surface area contributed by atoms with Crippen LogP contribution in [0, 0.1) is 17.1 Å². The second-order valence-corrected chi connectivity index (χ2v) is 5.82. The van der Waals surface area contributed by atoms with Crippen LogP contribution in [-0.2, 0) is 11.2 Å². The standard InChI is InChI=1S/C18H15FN2O/c1-2-10-3-4-12(14(19)7-10)13-8-11(9-20)21-18-16-6-5-15(22-16)17(13)18/h3-4,7-8,15-16H,2,5-6H2,1H3. The Morgan fingerprint density at radius 2 is 2.09 bits per heavy atom. The van der Waals surface area contributed by atoms with Crippen LogP contribution in [0.3, 0.4) is 0 Å². The van der Waals surface area contributed by atoms with Gasteiger partial charge in [-0.25, -0.2) is 9.37 Å². The molecule has 2 unspecified atom stereocenters. The molecule has 0 N–H and O–H groups in total. The predicted molar refractivity (Wildman–Crippen MR) is 79.5 cm³/mol. The van der Waals surface area contributed by atoms with Crippen LogP contribution in [0.25, 0.3) is 11.1 Å². The van der Waals surface area contributed by atoms with Gasteiger partial charge in [0.15, 0.2) is 0 Å². The fourth-order valence-electron chi connectivity index (χ4n) is 3.49. The molecule has 0 saturated carbocycles. The average molecular weight is 294 g/mol. The maximum absolute atomic E-state index is 14.5. The lowest BCUT2D eigenvalue weighted by Crippen LogP contribution is -2.05. The molecule has 2 atom stereocenters. The fraction of sp³-hybridized carbons (Fsp3) is 0.333. The Hall–Kier alpha value is -2.25. The molecule has 0 spiro atoms. The van der Waals surface area contributed by atoms with Gasteiger partial charge in [0.05, 0.1) is 11.8 Å². The molecule has 4 heteroatoms. The third kappa shape index (κ3) is 1.86. The molecular formula is C18H15FN2O. The SMILES string of the molecule is CCc1ccc(-c2cc(C#N)nc3c2C2CCC3O2)c(F)c1. The molecule has 2 aliphatic heterocycles. The largest absolute Gasteiger partial charge is 0.364 e. The van der Waals surface area contributed by atoms with Gasteiger partial charge in [-0.3, -0.25) is 0 Å². The topological polar surface area (TPSA) is 45.9 Å². The van der Waals surface area contributed by atoms with Crippen LogP contribution >= 0.6 is 0 Å². The van der Waals surface area contributed by atoms with Crippen LogP contribution in [0.15, 0.2) is 24.3 Å². The Bertz CT molecular complexity index is 809. The Kier molecular flexibility index (Phi) is 2.98. The number of nitriles is 1. The highest BCUT2D eigenvalue weighted by molar-refractivity contribution is 5.72. The van der Waals surface area contributed by atoms with Crippen molar-refractivity contribution < 1.29 is 9.13 Å². The number of hydrogen-bond acceptors (Lipinski definition) is 3. The van der Waals surface area contributed by atoms with Gasteiger partial charge in [0.1, 0.15) is 23.7 Å². The van der Waals surface area contributed by atoms with Crippen molar-refractivity contribution in [3.63, 3.8) is 0 Å². The van der Waals surface area contributed by atoms with Crippen molar-refractivity contribution in [2.45, 2.75) is 38.4 Å². The predicted octanol–water partition coefficient (Wildman–Crippen LogP) is 4.23. The van der Waals surface area contributed by atoms with E-state index >= 15 is 0 Å². The van der Waals surface area contributed by atoms with Crippen molar-refractivity contribution in [2.75, 3.05) is 0 Å². The van der Waals surface area contributed by atoms with E-state index in [1.807, 2.05) is 13.0 Å². The van der Waals surface area contributed by atoms with E-state index in [2.05, 4.69) is 11.1 Å². The fourth-order valence-corrected chi connectivity index (χ4v) is 3.49. The second-order valence-electron chi connectivity index (χ2n) is 5.82. The molecule has 2 aliphatic rings. The van der Waals surface area contributed by atoms with E-state index in [4.69, 9.17) is 4.74 Å². The van der Waals surface area contributed by atoms with Crippen LogP contribution in [0.4, 0.5) is 4.39 Å². The first-order chi connectivity index (χ1) is 10.7. The summed E-state index contributed by atoms with van der Waals surface area (Å²) in [5.74, 6) is -0.251. The monoisotopic (exact) mass is 294 g/mol. The van der Waals surface area contributed by atoms with Gasteiger partial charge in [-0.05, 0) is 42.5 Å². The number of benzene rings is 1. The summed E-state index contributed by atoms with van der Waals surface area (Å²) < 4.78 is 20.4. The van der Waals surface area contributed by atoms with E-state index in [9.17, 15) is 9.65 Å². The number of aryl methyl sites for hydroxylation is 1. The molecule has 3 heterocycles. The molecule has 2 bridgehead atoms. The Labute approximate surface area is 128 Å². The molecule has 1 aromatic carbocycles. The Morgan fingerprint density at radius 1 is 1.27 bits per heavy atom. The zero-order valence-corrected chi connectivity index (χ0v) is 12.3. The number of aromatic nitrogens is 1. The van der Waals surface area contributed by atoms with Gasteiger partial charge in [-0.15, -0.1) is 0 Å². The lowest BCUT2D eigenvalue weighted by molar-refractivity contribution is 0.0705. The number of halogens is 1. The van der Waals surface area contributed by atoms with Crippen molar-refractivity contribution in [1.82, 2.24) is 4.98 Å². The lowest BCUT2D eigenvalue weighted by atomic mass is 9.88. The van der Waals surface area contributed by atoms with Crippen molar-refractivity contribution in [1.29, 1.82) is 5.26 Å². The molecule has 1 aromatic heterocycles. The molecule has 0 radical (unpaired) electrons. The maximum Gasteiger partial charge on any atom is 0.141 e. The maximum atomic E-state index is 14.5. The third-order valence-electron chi connectivity index (χ3n) is 4.58. The summed E-state index contributed by atoms with van der Waals surface area (Å²) in [6.45, 7) is 2.00. The zero-order chi connectivity index (χ0) is 15.3. The molecule has 4 rings (SSSR count). The highest BCUT2D eigenvalue weighted by Crippen LogP contribution is 2.53. The van der Waals surface area contributed by atoms with Crippen LogP contribution < -0.4 is 0 Å². The summed E-state index contributed by atoms with van der Waals surface area (Å²) in [6, 6.07) is 9.08. The molecule has 110 valence electrons. The highest BCUT2D eigenvalue weighted by Gasteiger charge is 2.41. The van der Waals surface area contributed by atoms with Crippen molar-refractivity contribution >= 4 is 0 Å². The van der Waals surface area contributed by atoms with Gasteiger partial charge < -0.3 is 4.74 Å². The van der Waals surface area contributed by atoms with Gasteiger partial charge in [0.25, 0.3) is 0 Å². The number of hydrogen-bond donors (Lipinski definition) is 0. The lowest BCUT2D eigenvalue weighted by Gasteiger charge is -2.16. The molecule has 22 heavy (non-hydrogen) atoms. The van der Waals surface area contributed by atoms with E-state index in [-0.39, 0.29) is 18.0 Å². The van der Waals surface area contributed by atoms with Gasteiger partial charge in [-0.2, -0.15) is 5.26 Å². The quantitative estimate of drug-likeness (QED) is 0.832. The van der Waals surface area contributed by atoms with Crippen molar-refractivity contribution in [2.24, 2.45) is 0 Å². The van der Waals surface area contributed by atoms with Crippen LogP contribution in [0.1, 0.15) is 54.5 Å². The summed E-state index contributed by atoms with van der Waals surface area (Å²) in [5, 5.41) is 9.21. The second kappa shape index (κ2) is 4.89. The number of pyridine rings is 1. The first kappa shape index (κ1) is 13.4. The molecule has 0 aliphatic carbocycles. The summed E-state index contributed by atoms with van der Waals surface area (Å²) in [5.41, 5.74) is 4.37. The van der Waals surface area contributed by atoms with E-state index < -0.39 is 0 Å². The van der Waals surface area contributed by atoms with Crippen LogP contribution in [0.5, 0.6) is 0 Å². The first-order valence-corrected chi connectivity index (χ1v) is 7.60. The minimum absolute atomic E-state index is 0.0134. The Balaban J connectivity index is 1.94. The number of nitrogens with zero attached hydrogens (tertiary/aromatic N) is 2. The van der Waals surface area contributed by atoms with Crippen molar-refractivity contribution in [3.05, 3.63) is 52.6 Å². The summed E-state index contributed by atoms with van der Waals surface area (Å²) >= 11 is 0. The number of rotatable bonds is 2. The highest BCUT2D eigenvalue weighted by atomic mass is 19.1. The zero-order valence-electron chi connectivity index (χ0n) is 12.3. The summed E-state index contributed by atoms with van der Waals surface area (Å²) in [4.78, 5) is 4.40. The molecule has 1 saturated heterocycles. The van der Waals surface area contributed by atoms with E-state index in [0.29, 0.717) is 11.3 Å². The van der Waals surface area contributed by atoms with E-state index in [1.54, 1.807) is 18.2 Å². The first-order valence-electron chi connectivity index (χ1n) is 7.60. The molecule has 0 amide bonds. The van der Waals surface area contributed by atoms with E-state index in [1.165, 1.54) is 0 Å².